The fourth-order valence-electron chi connectivity index (χ4n) is 8.20. The van der Waals surface area contributed by atoms with Crippen molar-refractivity contribution in [2.45, 2.75) is 47.4 Å². The molecule has 28 heteroatoms. The van der Waals surface area contributed by atoms with Crippen LogP contribution in [-0.2, 0) is 50.9 Å². The number of aliphatic hydroxyl groups excluding tert-OH is 2. The summed E-state index contributed by atoms with van der Waals surface area (Å²) in [6.45, 7) is 3.50. The molecule has 0 bridgehead atoms. The second kappa shape index (κ2) is 23.7. The van der Waals surface area contributed by atoms with E-state index in [1.807, 2.05) is 0 Å². The van der Waals surface area contributed by atoms with Gasteiger partial charge < -0.3 is 38.0 Å². The van der Waals surface area contributed by atoms with Gasteiger partial charge in [0.05, 0.1) is 61.9 Å². The third kappa shape index (κ3) is 13.4. The first-order chi connectivity index (χ1) is 36.7. The Bertz CT molecular complexity index is 3670. The van der Waals surface area contributed by atoms with Crippen LogP contribution < -0.4 is 18.9 Å². The maximum atomic E-state index is 13.4. The molecule has 416 valence electrons. The molecule has 0 saturated heterocycles. The summed E-state index contributed by atoms with van der Waals surface area (Å²) in [5.74, 6) is 0.808. The third-order valence-electron chi connectivity index (χ3n) is 11.6. The number of hydrogen-bond donors (Lipinski definition) is 2. The van der Waals surface area contributed by atoms with Crippen LogP contribution in [0, 0.1) is 13.8 Å². The summed E-state index contributed by atoms with van der Waals surface area (Å²) < 4.78 is 139. The molecule has 0 unspecified atom stereocenters. The molecule has 2 atom stereocenters. The number of nitrogens with zero attached hydrogens (tertiary/aromatic N) is 6. The van der Waals surface area contributed by atoms with Crippen molar-refractivity contribution in [3.8, 4) is 57.5 Å². The van der Waals surface area contributed by atoms with Crippen molar-refractivity contribution in [3.63, 3.8) is 0 Å². The van der Waals surface area contributed by atoms with Crippen LogP contribution in [0.25, 0.3) is 34.5 Å². The first kappa shape index (κ1) is 58.9. The van der Waals surface area contributed by atoms with Crippen molar-refractivity contribution in [1.29, 1.82) is 0 Å². The molecule has 8 aromatic rings. The summed E-state index contributed by atoms with van der Waals surface area (Å²) in [7, 11) is -9.98. The van der Waals surface area contributed by atoms with Gasteiger partial charge in [-0.3, -0.25) is 9.13 Å². The lowest BCUT2D eigenvalue weighted by molar-refractivity contribution is 0.198. The Hall–Kier alpha value is -6.78. The van der Waals surface area contributed by atoms with E-state index in [9.17, 15) is 43.9 Å². The topological polar surface area (TPSA) is 302 Å². The molecule has 0 saturated carbocycles. The monoisotopic (exact) mass is 1190 g/mol. The highest BCUT2D eigenvalue weighted by Gasteiger charge is 2.32. The first-order valence-electron chi connectivity index (χ1n) is 22.9. The Kier molecular flexibility index (Phi) is 17.9. The molecular weight excluding hydrogens is 1140 g/mol. The lowest BCUT2D eigenvalue weighted by Gasteiger charge is -2.18. The molecule has 22 nitrogen and oxygen atoms in total. The average molecular weight is 1190 g/mol. The zero-order valence-electron chi connectivity index (χ0n) is 42.9. The van der Waals surface area contributed by atoms with Crippen molar-refractivity contribution >= 4 is 62.6 Å². The van der Waals surface area contributed by atoms with Gasteiger partial charge in [-0.2, -0.15) is 0 Å². The Morgan fingerprint density at radius 1 is 0.513 bits per heavy atom. The quantitative estimate of drug-likeness (QED) is 0.0767. The minimum Gasteiger partial charge on any atom is -0.494 e. The number of methoxy groups -OCH3 is 4. The number of furan rings is 2. The van der Waals surface area contributed by atoms with E-state index in [2.05, 4.69) is 20.4 Å². The smallest absolute Gasteiger partial charge is 0.204 e. The Morgan fingerprint density at radius 3 is 1.13 bits per heavy atom. The summed E-state index contributed by atoms with van der Waals surface area (Å²) in [4.78, 5) is -0.509. The summed E-state index contributed by atoms with van der Waals surface area (Å²) >= 11 is 11.9. The molecule has 0 fully saturated rings. The number of halogens is 2. The number of aliphatic hydroxyl groups is 2. The van der Waals surface area contributed by atoms with Crippen molar-refractivity contribution < 1.29 is 71.7 Å². The van der Waals surface area contributed by atoms with Gasteiger partial charge in [-0.1, -0.05) is 47.5 Å². The minimum absolute atomic E-state index is 0.00602. The second-order valence-corrected chi connectivity index (χ2v) is 26.5. The second-order valence-electron chi connectivity index (χ2n) is 17.4. The summed E-state index contributed by atoms with van der Waals surface area (Å²) in [6.07, 6.45) is -1.41. The van der Waals surface area contributed by atoms with Crippen molar-refractivity contribution in [1.82, 2.24) is 29.5 Å². The number of aromatic nitrogens is 6. The first-order valence-corrected chi connectivity index (χ1v) is 31.1. The maximum absolute atomic E-state index is 13.4. The molecule has 4 heterocycles. The van der Waals surface area contributed by atoms with Gasteiger partial charge in [0.15, 0.2) is 62.5 Å². The Balaban J connectivity index is 0.000000226. The Morgan fingerprint density at radius 2 is 0.846 bits per heavy atom. The highest BCUT2D eigenvalue weighted by molar-refractivity contribution is 7.91. The van der Waals surface area contributed by atoms with Gasteiger partial charge in [0.1, 0.15) is 57.4 Å². The van der Waals surface area contributed by atoms with Gasteiger partial charge in [0, 0.05) is 33.7 Å². The average Bonchev–Trinajstić information content (AvgIpc) is 4.25. The highest BCUT2D eigenvalue weighted by atomic mass is 35.5. The molecule has 8 rings (SSSR count). The lowest BCUT2D eigenvalue weighted by atomic mass is 10.1. The number of hydrogen-bond acceptors (Lipinski definition) is 20. The van der Waals surface area contributed by atoms with Gasteiger partial charge in [0.2, 0.25) is 11.6 Å². The number of para-hydroxylation sites is 2. The molecule has 4 aromatic carbocycles. The highest BCUT2D eigenvalue weighted by Crippen LogP contribution is 2.39. The number of rotatable bonds is 20. The number of ether oxygens (including phenoxy) is 4. The van der Waals surface area contributed by atoms with E-state index in [1.165, 1.54) is 74.0 Å². The van der Waals surface area contributed by atoms with Crippen LogP contribution in [-0.4, -0.2) is 126 Å². The van der Waals surface area contributed by atoms with Gasteiger partial charge in [-0.05, 0) is 86.6 Å². The molecule has 0 aliphatic heterocycles. The normalized spacial score (nSPS) is 12.9. The van der Waals surface area contributed by atoms with Crippen LogP contribution in [0.4, 0.5) is 0 Å². The molecule has 0 radical (unpaired) electrons. The molecule has 78 heavy (non-hydrogen) atoms. The minimum atomic E-state index is -4.10. The number of aryl methyl sites for hydroxylation is 2. The zero-order chi connectivity index (χ0) is 57.1. The molecule has 2 N–H and O–H groups in total. The van der Waals surface area contributed by atoms with Crippen molar-refractivity contribution in [3.05, 3.63) is 141 Å². The van der Waals surface area contributed by atoms with Gasteiger partial charge in [-0.15, -0.1) is 20.4 Å². The molecule has 0 amide bonds. The largest absolute Gasteiger partial charge is 0.494 e. The van der Waals surface area contributed by atoms with Crippen LogP contribution >= 0.6 is 23.2 Å². The van der Waals surface area contributed by atoms with Crippen LogP contribution in [0.1, 0.15) is 46.5 Å². The standard InChI is InChI=1S/2C25H26ClN3O8S2/c2*1-15-8-11-21(37-15)25-28-27-23(29(25)24-19(35-2)6-5-7-20(24)36-3)14-39(33,34)13-18(30)17-10-9-16(26)12-22(17)38(4,31)32/h2*5-12,18,30H,13-14H2,1-4H3/t2*18-/m10/s1. The SMILES string of the molecule is COc1cccc(OC)c1-n1c(CS(=O)(=O)C[C@@H](O)c2ccc(Cl)cc2S(C)(=O)=O)nnc1-c1ccc(C)o1.COc1cccc(OC)c1-n1c(CS(=O)(=O)C[C@H](O)c2ccc(Cl)cc2S(C)(=O)=O)nnc1-c1ccc(C)o1. The predicted molar refractivity (Wildman–Crippen MR) is 288 cm³/mol. The van der Waals surface area contributed by atoms with E-state index >= 15 is 0 Å². The van der Waals surface area contributed by atoms with E-state index in [0.29, 0.717) is 57.4 Å². The van der Waals surface area contributed by atoms with Crippen molar-refractivity contribution in [2.75, 3.05) is 52.5 Å². The maximum Gasteiger partial charge on any atom is 0.204 e. The van der Waals surface area contributed by atoms with Crippen LogP contribution in [0.2, 0.25) is 10.0 Å². The van der Waals surface area contributed by atoms with Crippen LogP contribution in [0.5, 0.6) is 23.0 Å². The van der Waals surface area contributed by atoms with Gasteiger partial charge >= 0.3 is 0 Å². The molecule has 0 aliphatic carbocycles. The molecular formula is C50H52Cl2N6O16S4. The van der Waals surface area contributed by atoms with E-state index in [1.54, 1.807) is 74.5 Å². The third-order valence-corrected chi connectivity index (χ3v) is 17.4. The van der Waals surface area contributed by atoms with E-state index in [0.717, 1.165) is 12.5 Å². The lowest BCUT2D eigenvalue weighted by Crippen LogP contribution is -2.20. The summed E-state index contributed by atoms with van der Waals surface area (Å²) in [5.41, 5.74) is 0.536. The predicted octanol–water partition coefficient (Wildman–Crippen LogP) is 7.12. The van der Waals surface area contributed by atoms with Gasteiger partial charge in [0.25, 0.3) is 0 Å². The van der Waals surface area contributed by atoms with E-state index < -0.39 is 74.6 Å². The number of benzene rings is 4. The Labute approximate surface area is 459 Å². The fourth-order valence-corrected chi connectivity index (χ4v) is 13.3. The van der Waals surface area contributed by atoms with E-state index in [4.69, 9.17) is 51.0 Å². The summed E-state index contributed by atoms with van der Waals surface area (Å²) in [6, 6.07) is 24.6. The van der Waals surface area contributed by atoms with Crippen LogP contribution in [0.15, 0.2) is 116 Å². The fraction of sp³-hybridized carbons (Fsp3) is 0.280. The summed E-state index contributed by atoms with van der Waals surface area (Å²) in [5, 5.41) is 38.6. The molecule has 4 aromatic heterocycles. The number of sulfone groups is 4. The molecule has 0 aliphatic rings. The van der Waals surface area contributed by atoms with E-state index in [-0.39, 0.29) is 54.3 Å². The van der Waals surface area contributed by atoms with Crippen molar-refractivity contribution in [2.24, 2.45) is 0 Å². The van der Waals surface area contributed by atoms with Gasteiger partial charge in [-0.25, -0.2) is 33.7 Å². The zero-order valence-corrected chi connectivity index (χ0v) is 47.7. The van der Waals surface area contributed by atoms with Crippen LogP contribution in [0.3, 0.4) is 0 Å². The molecule has 0 spiro atoms.